The van der Waals surface area contributed by atoms with Crippen LogP contribution in [0.5, 0.6) is 5.75 Å². The van der Waals surface area contributed by atoms with Crippen molar-refractivity contribution >= 4 is 11.7 Å². The first-order valence-electron chi connectivity index (χ1n) is 8.20. The molecule has 0 radical (unpaired) electrons. The Hall–Kier alpha value is -2.42. The molecule has 0 spiro atoms. The third kappa shape index (κ3) is 4.10. The number of hydrogen-bond donors (Lipinski definition) is 1. The number of ether oxygens (including phenoxy) is 1. The van der Waals surface area contributed by atoms with E-state index in [0.29, 0.717) is 17.0 Å². The standard InChI is InChI=1S/C21H25NO2/c1-14(2)20(23)24-18-12-11-16(21(3,4)5)13-17(18)19(22)15-9-7-6-8-10-15/h6-14,22H,1-5H3. The van der Waals surface area contributed by atoms with E-state index in [4.69, 9.17) is 10.1 Å². The lowest BCUT2D eigenvalue weighted by atomic mass is 9.85. The number of carbonyl (C=O) groups excluding carboxylic acids is 1. The van der Waals surface area contributed by atoms with Gasteiger partial charge in [-0.05, 0) is 23.1 Å². The molecule has 0 aliphatic carbocycles. The first-order valence-corrected chi connectivity index (χ1v) is 8.20. The molecule has 126 valence electrons. The molecular weight excluding hydrogens is 298 g/mol. The highest BCUT2D eigenvalue weighted by atomic mass is 16.5. The minimum atomic E-state index is -0.291. The molecular formula is C21H25NO2. The van der Waals surface area contributed by atoms with Crippen LogP contribution < -0.4 is 4.74 Å². The van der Waals surface area contributed by atoms with Crippen molar-refractivity contribution in [1.29, 1.82) is 5.41 Å². The molecule has 0 unspecified atom stereocenters. The lowest BCUT2D eigenvalue weighted by molar-refractivity contribution is -0.137. The summed E-state index contributed by atoms with van der Waals surface area (Å²) in [6.07, 6.45) is 0. The van der Waals surface area contributed by atoms with E-state index in [1.807, 2.05) is 42.5 Å². The molecule has 0 aliphatic rings. The Kier molecular flexibility index (Phi) is 5.23. The Morgan fingerprint density at radius 2 is 1.67 bits per heavy atom. The Labute approximate surface area is 144 Å². The number of hydrogen-bond acceptors (Lipinski definition) is 3. The van der Waals surface area contributed by atoms with Crippen LogP contribution in [0.1, 0.15) is 51.3 Å². The van der Waals surface area contributed by atoms with E-state index in [-0.39, 0.29) is 17.3 Å². The van der Waals surface area contributed by atoms with Crippen molar-refractivity contribution < 1.29 is 9.53 Å². The van der Waals surface area contributed by atoms with Crippen LogP contribution in [-0.4, -0.2) is 11.7 Å². The number of benzene rings is 2. The average molecular weight is 323 g/mol. The van der Waals surface area contributed by atoms with Crippen molar-refractivity contribution in [2.45, 2.75) is 40.0 Å². The maximum Gasteiger partial charge on any atom is 0.313 e. The highest BCUT2D eigenvalue weighted by Gasteiger charge is 2.20. The lowest BCUT2D eigenvalue weighted by Crippen LogP contribution is -2.18. The van der Waals surface area contributed by atoms with Crippen LogP contribution in [0.3, 0.4) is 0 Å². The molecule has 1 N–H and O–H groups in total. The molecule has 0 aliphatic heterocycles. The van der Waals surface area contributed by atoms with Crippen molar-refractivity contribution in [2.24, 2.45) is 5.92 Å². The molecule has 0 amide bonds. The summed E-state index contributed by atoms with van der Waals surface area (Å²) in [5, 5.41) is 8.57. The fourth-order valence-corrected chi connectivity index (χ4v) is 2.27. The van der Waals surface area contributed by atoms with Crippen LogP contribution in [0.4, 0.5) is 0 Å². The predicted molar refractivity (Wildman–Crippen MR) is 98.0 cm³/mol. The molecule has 0 aromatic heterocycles. The summed E-state index contributed by atoms with van der Waals surface area (Å²) in [7, 11) is 0. The summed E-state index contributed by atoms with van der Waals surface area (Å²) in [5.41, 5.74) is 2.84. The van der Waals surface area contributed by atoms with Gasteiger partial charge in [0.05, 0.1) is 11.6 Å². The zero-order valence-corrected chi connectivity index (χ0v) is 15.0. The smallest absolute Gasteiger partial charge is 0.313 e. The van der Waals surface area contributed by atoms with Crippen molar-refractivity contribution in [3.63, 3.8) is 0 Å². The van der Waals surface area contributed by atoms with Crippen LogP contribution in [0.15, 0.2) is 48.5 Å². The van der Waals surface area contributed by atoms with Gasteiger partial charge < -0.3 is 4.74 Å². The van der Waals surface area contributed by atoms with Crippen LogP contribution in [0, 0.1) is 11.3 Å². The number of rotatable bonds is 4. The SMILES string of the molecule is CC(C)C(=O)Oc1ccc(C(C)(C)C)cc1C(=N)c1ccccc1. The zero-order chi connectivity index (χ0) is 17.9. The van der Waals surface area contributed by atoms with Gasteiger partial charge in [-0.3, -0.25) is 10.2 Å². The summed E-state index contributed by atoms with van der Waals surface area (Å²) in [4.78, 5) is 12.0. The van der Waals surface area contributed by atoms with Gasteiger partial charge in [-0.15, -0.1) is 0 Å². The molecule has 0 fully saturated rings. The number of esters is 1. The second-order valence-corrected chi connectivity index (χ2v) is 7.28. The molecule has 2 aromatic rings. The molecule has 24 heavy (non-hydrogen) atoms. The van der Waals surface area contributed by atoms with Crippen molar-refractivity contribution in [2.75, 3.05) is 0 Å². The van der Waals surface area contributed by atoms with Crippen molar-refractivity contribution in [1.82, 2.24) is 0 Å². The summed E-state index contributed by atoms with van der Waals surface area (Å²) < 4.78 is 5.54. The fraction of sp³-hybridized carbons (Fsp3) is 0.333. The van der Waals surface area contributed by atoms with Gasteiger partial charge in [0, 0.05) is 11.1 Å². The molecule has 0 bridgehead atoms. The van der Waals surface area contributed by atoms with Gasteiger partial charge in [0.2, 0.25) is 0 Å². The van der Waals surface area contributed by atoms with E-state index in [1.165, 1.54) is 0 Å². The van der Waals surface area contributed by atoms with E-state index >= 15 is 0 Å². The minimum Gasteiger partial charge on any atom is -0.426 e. The van der Waals surface area contributed by atoms with E-state index in [2.05, 4.69) is 20.8 Å². The monoisotopic (exact) mass is 323 g/mol. The Morgan fingerprint density at radius 3 is 2.21 bits per heavy atom. The molecule has 2 rings (SSSR count). The Bertz CT molecular complexity index is 740. The normalized spacial score (nSPS) is 11.4. The Balaban J connectivity index is 2.51. The molecule has 0 heterocycles. The van der Waals surface area contributed by atoms with E-state index in [9.17, 15) is 4.79 Å². The van der Waals surface area contributed by atoms with Crippen LogP contribution in [0.2, 0.25) is 0 Å². The van der Waals surface area contributed by atoms with Gasteiger partial charge in [-0.25, -0.2) is 0 Å². The van der Waals surface area contributed by atoms with Gasteiger partial charge in [0.25, 0.3) is 0 Å². The third-order valence-corrected chi connectivity index (χ3v) is 3.86. The third-order valence-electron chi connectivity index (χ3n) is 3.86. The van der Waals surface area contributed by atoms with Crippen molar-refractivity contribution in [3.8, 4) is 5.75 Å². The number of carbonyl (C=O) groups is 1. The van der Waals surface area contributed by atoms with Crippen LogP contribution in [-0.2, 0) is 10.2 Å². The van der Waals surface area contributed by atoms with Gasteiger partial charge in [0.15, 0.2) is 0 Å². The molecule has 0 atom stereocenters. The van der Waals surface area contributed by atoms with E-state index in [0.717, 1.165) is 11.1 Å². The fourth-order valence-electron chi connectivity index (χ4n) is 2.27. The van der Waals surface area contributed by atoms with Crippen LogP contribution >= 0.6 is 0 Å². The molecule has 2 aromatic carbocycles. The van der Waals surface area contributed by atoms with E-state index < -0.39 is 0 Å². The molecule has 3 nitrogen and oxygen atoms in total. The second-order valence-electron chi connectivity index (χ2n) is 7.28. The average Bonchev–Trinajstić information content (AvgIpc) is 2.54. The Morgan fingerprint density at radius 1 is 1.04 bits per heavy atom. The molecule has 0 saturated heterocycles. The summed E-state index contributed by atoms with van der Waals surface area (Å²) in [6.45, 7) is 9.97. The van der Waals surface area contributed by atoms with Crippen LogP contribution in [0.25, 0.3) is 0 Å². The minimum absolute atomic E-state index is 0.0493. The van der Waals surface area contributed by atoms with E-state index in [1.54, 1.807) is 19.9 Å². The van der Waals surface area contributed by atoms with Gasteiger partial charge in [-0.2, -0.15) is 0 Å². The maximum absolute atomic E-state index is 12.0. The predicted octanol–water partition coefficient (Wildman–Crippen LogP) is 4.96. The number of nitrogens with one attached hydrogen (secondary N) is 1. The van der Waals surface area contributed by atoms with Gasteiger partial charge >= 0.3 is 5.97 Å². The zero-order valence-electron chi connectivity index (χ0n) is 15.0. The molecule has 3 heteroatoms. The highest BCUT2D eigenvalue weighted by molar-refractivity contribution is 6.12. The molecule has 0 saturated carbocycles. The first kappa shape index (κ1) is 17.9. The summed E-state index contributed by atoms with van der Waals surface area (Å²) in [5.74, 6) is -0.0674. The lowest BCUT2D eigenvalue weighted by Gasteiger charge is -2.22. The highest BCUT2D eigenvalue weighted by Crippen LogP contribution is 2.30. The second kappa shape index (κ2) is 7.00. The topological polar surface area (TPSA) is 50.2 Å². The summed E-state index contributed by atoms with van der Waals surface area (Å²) >= 11 is 0. The summed E-state index contributed by atoms with van der Waals surface area (Å²) in [6, 6.07) is 15.2. The van der Waals surface area contributed by atoms with Gasteiger partial charge in [0.1, 0.15) is 5.75 Å². The first-order chi connectivity index (χ1) is 11.2. The maximum atomic E-state index is 12.0. The van der Waals surface area contributed by atoms with Crippen molar-refractivity contribution in [3.05, 3.63) is 65.2 Å². The largest absolute Gasteiger partial charge is 0.426 e. The van der Waals surface area contributed by atoms with Gasteiger partial charge in [-0.1, -0.05) is 71.0 Å². The quantitative estimate of drug-likeness (QED) is 0.491.